The summed E-state index contributed by atoms with van der Waals surface area (Å²) in [7, 11) is 0. The standard InChI is InChI=1S/C42H46FN3O6S/c1-25(2)46(33-20-16-29(17-21-33)41(49)50)24-27-6-5-7-30(22-27)38(47)45-40-37(34-8-3-4-9-36(34)53-40)39(48)44-32-18-11-26(12-19-32)10-13-28-14-15-31(42(51)52)23-35(28)43/h5-7,11-12,14-15,18-19,22-23,25,29,33H,3-4,8-10,13,16-17,20-21,24H2,1-2H3,(H,44,48)(H,45,47)(H,49,50)(H,51,52)/t29-,33-. The zero-order valence-corrected chi connectivity index (χ0v) is 30.9. The largest absolute Gasteiger partial charge is 0.481 e. The number of anilines is 2. The molecule has 1 aromatic heterocycles. The summed E-state index contributed by atoms with van der Waals surface area (Å²) < 4.78 is 14.4. The van der Waals surface area contributed by atoms with E-state index in [1.807, 2.05) is 30.3 Å². The van der Waals surface area contributed by atoms with Crippen molar-refractivity contribution in [2.24, 2.45) is 5.92 Å². The molecule has 0 unspecified atom stereocenters. The Morgan fingerprint density at radius 3 is 2.25 bits per heavy atom. The second kappa shape index (κ2) is 16.9. The maximum absolute atomic E-state index is 14.4. The number of benzene rings is 3. The maximum atomic E-state index is 14.4. The number of aromatic carboxylic acids is 1. The van der Waals surface area contributed by atoms with Gasteiger partial charge in [-0.2, -0.15) is 0 Å². The molecule has 0 bridgehead atoms. The fourth-order valence-corrected chi connectivity index (χ4v) is 8.87. The van der Waals surface area contributed by atoms with E-state index in [4.69, 9.17) is 5.11 Å². The van der Waals surface area contributed by atoms with Crippen molar-refractivity contribution in [1.29, 1.82) is 0 Å². The molecule has 0 saturated heterocycles. The van der Waals surface area contributed by atoms with Crippen LogP contribution in [0.2, 0.25) is 0 Å². The number of aliphatic carboxylic acids is 1. The summed E-state index contributed by atoms with van der Waals surface area (Å²) in [6.07, 6.45) is 7.58. The number of nitrogens with one attached hydrogen (secondary N) is 2. The first-order chi connectivity index (χ1) is 25.5. The Labute approximate surface area is 313 Å². The number of amides is 2. The molecular formula is C42H46FN3O6S. The number of hydrogen-bond donors (Lipinski definition) is 4. The summed E-state index contributed by atoms with van der Waals surface area (Å²) in [5, 5.41) is 25.2. The number of carbonyl (C=O) groups excluding carboxylic acids is 2. The number of aryl methyl sites for hydroxylation is 3. The van der Waals surface area contributed by atoms with Crippen LogP contribution in [-0.2, 0) is 37.0 Å². The van der Waals surface area contributed by atoms with Gasteiger partial charge in [-0.1, -0.05) is 30.3 Å². The van der Waals surface area contributed by atoms with Crippen LogP contribution in [0.3, 0.4) is 0 Å². The Morgan fingerprint density at radius 1 is 0.830 bits per heavy atom. The van der Waals surface area contributed by atoms with Crippen LogP contribution in [0, 0.1) is 11.7 Å². The first kappa shape index (κ1) is 37.9. The van der Waals surface area contributed by atoms with Crippen molar-refractivity contribution >= 4 is 45.8 Å². The molecule has 0 atom stereocenters. The van der Waals surface area contributed by atoms with Gasteiger partial charge >= 0.3 is 11.9 Å². The zero-order valence-electron chi connectivity index (χ0n) is 30.1. The maximum Gasteiger partial charge on any atom is 0.335 e. The van der Waals surface area contributed by atoms with Gasteiger partial charge in [-0.05, 0) is 137 Å². The molecule has 11 heteroatoms. The molecule has 278 valence electrons. The van der Waals surface area contributed by atoms with Gasteiger partial charge in [0.15, 0.2) is 0 Å². The van der Waals surface area contributed by atoms with Gasteiger partial charge < -0.3 is 20.8 Å². The van der Waals surface area contributed by atoms with Crippen LogP contribution in [0.25, 0.3) is 0 Å². The Morgan fingerprint density at radius 2 is 1.57 bits per heavy atom. The summed E-state index contributed by atoms with van der Waals surface area (Å²) in [5.74, 6) is -3.27. The zero-order chi connectivity index (χ0) is 37.6. The summed E-state index contributed by atoms with van der Waals surface area (Å²) in [5.41, 5.74) is 4.88. The predicted octanol–water partition coefficient (Wildman–Crippen LogP) is 8.61. The molecule has 0 radical (unpaired) electrons. The lowest BCUT2D eigenvalue weighted by molar-refractivity contribution is -0.143. The number of halogens is 1. The van der Waals surface area contributed by atoms with E-state index in [-0.39, 0.29) is 35.4 Å². The quantitative estimate of drug-likeness (QED) is 0.108. The number of carbonyl (C=O) groups is 4. The number of nitrogens with zero attached hydrogens (tertiary/aromatic N) is 1. The minimum Gasteiger partial charge on any atom is -0.481 e. The van der Waals surface area contributed by atoms with Crippen molar-refractivity contribution in [3.8, 4) is 0 Å². The molecule has 0 aliphatic heterocycles. The van der Waals surface area contributed by atoms with Gasteiger partial charge in [0.2, 0.25) is 0 Å². The van der Waals surface area contributed by atoms with Crippen molar-refractivity contribution in [2.45, 2.75) is 96.7 Å². The highest BCUT2D eigenvalue weighted by Crippen LogP contribution is 2.39. The third-order valence-electron chi connectivity index (χ3n) is 10.6. The molecule has 2 amide bonds. The molecule has 4 N–H and O–H groups in total. The molecule has 2 aliphatic rings. The van der Waals surface area contributed by atoms with Crippen LogP contribution in [0.15, 0.2) is 66.7 Å². The minimum absolute atomic E-state index is 0.0886. The molecule has 3 aromatic carbocycles. The lowest BCUT2D eigenvalue weighted by atomic mass is 9.85. The van der Waals surface area contributed by atoms with E-state index in [9.17, 15) is 28.7 Å². The molecule has 4 aromatic rings. The van der Waals surface area contributed by atoms with Gasteiger partial charge in [-0.15, -0.1) is 11.3 Å². The summed E-state index contributed by atoms with van der Waals surface area (Å²) in [6, 6.07) is 19.4. The van der Waals surface area contributed by atoms with Gasteiger partial charge in [-0.3, -0.25) is 19.3 Å². The van der Waals surface area contributed by atoms with E-state index in [1.54, 1.807) is 18.2 Å². The Hall–Kier alpha value is -4.87. The van der Waals surface area contributed by atoms with Crippen LogP contribution in [0.4, 0.5) is 15.1 Å². The molecule has 1 saturated carbocycles. The van der Waals surface area contributed by atoms with Crippen molar-refractivity contribution in [3.63, 3.8) is 0 Å². The van der Waals surface area contributed by atoms with E-state index < -0.39 is 17.8 Å². The van der Waals surface area contributed by atoms with E-state index in [0.717, 1.165) is 66.2 Å². The Balaban J connectivity index is 1.12. The minimum atomic E-state index is -1.17. The smallest absolute Gasteiger partial charge is 0.335 e. The lowest BCUT2D eigenvalue weighted by Crippen LogP contribution is -2.42. The van der Waals surface area contributed by atoms with Crippen LogP contribution in [-0.4, -0.2) is 50.9 Å². The van der Waals surface area contributed by atoms with Gasteiger partial charge in [0, 0.05) is 34.8 Å². The average Bonchev–Trinajstić information content (AvgIpc) is 3.51. The first-order valence-electron chi connectivity index (χ1n) is 18.4. The van der Waals surface area contributed by atoms with Crippen LogP contribution in [0.1, 0.15) is 111 Å². The third-order valence-corrected chi connectivity index (χ3v) is 11.8. The number of carboxylic acids is 2. The van der Waals surface area contributed by atoms with E-state index in [2.05, 4.69) is 29.4 Å². The van der Waals surface area contributed by atoms with Crippen LogP contribution < -0.4 is 10.6 Å². The summed E-state index contributed by atoms with van der Waals surface area (Å²) >= 11 is 1.47. The molecule has 1 heterocycles. The second-order valence-electron chi connectivity index (χ2n) is 14.4. The van der Waals surface area contributed by atoms with Gasteiger partial charge in [-0.25, -0.2) is 9.18 Å². The first-order valence-corrected chi connectivity index (χ1v) is 19.2. The number of thiophene rings is 1. The summed E-state index contributed by atoms with van der Waals surface area (Å²) in [6.45, 7) is 4.94. The molecule has 6 rings (SSSR count). The molecule has 2 aliphatic carbocycles. The normalized spacial score (nSPS) is 17.0. The highest BCUT2D eigenvalue weighted by atomic mass is 32.1. The number of rotatable bonds is 13. The van der Waals surface area contributed by atoms with E-state index in [0.29, 0.717) is 59.6 Å². The van der Waals surface area contributed by atoms with Crippen molar-refractivity contribution < 1.29 is 33.8 Å². The highest BCUT2D eigenvalue weighted by molar-refractivity contribution is 7.17. The fourth-order valence-electron chi connectivity index (χ4n) is 7.59. The average molecular weight is 740 g/mol. The van der Waals surface area contributed by atoms with E-state index in [1.165, 1.54) is 23.5 Å². The van der Waals surface area contributed by atoms with E-state index >= 15 is 0 Å². The van der Waals surface area contributed by atoms with Gasteiger partial charge in [0.1, 0.15) is 10.8 Å². The predicted molar refractivity (Wildman–Crippen MR) is 205 cm³/mol. The van der Waals surface area contributed by atoms with Crippen molar-refractivity contribution in [1.82, 2.24) is 4.90 Å². The molecular weight excluding hydrogens is 694 g/mol. The monoisotopic (exact) mass is 739 g/mol. The van der Waals surface area contributed by atoms with Crippen LogP contribution >= 0.6 is 11.3 Å². The number of carboxylic acid groups (broad SMARTS) is 2. The van der Waals surface area contributed by atoms with Gasteiger partial charge in [0.25, 0.3) is 11.8 Å². The Bertz CT molecular complexity index is 1980. The topological polar surface area (TPSA) is 136 Å². The highest BCUT2D eigenvalue weighted by Gasteiger charge is 2.31. The van der Waals surface area contributed by atoms with Gasteiger partial charge in [0.05, 0.1) is 17.0 Å². The number of fused-ring (bicyclic) bond motifs is 1. The lowest BCUT2D eigenvalue weighted by Gasteiger charge is -2.38. The molecule has 9 nitrogen and oxygen atoms in total. The SMILES string of the molecule is CC(C)N(Cc1cccc(C(=O)Nc2sc3c(c2C(=O)Nc2ccc(CCc4ccc(C(=O)O)cc4F)cc2)CCCC3)c1)[C@H]1CC[C@H](C(=O)O)CC1. The molecule has 1 fully saturated rings. The summed E-state index contributed by atoms with van der Waals surface area (Å²) in [4.78, 5) is 53.7. The Kier molecular flexibility index (Phi) is 12.0. The molecule has 0 spiro atoms. The van der Waals surface area contributed by atoms with Crippen molar-refractivity contribution in [3.05, 3.63) is 116 Å². The van der Waals surface area contributed by atoms with Crippen molar-refractivity contribution in [2.75, 3.05) is 10.6 Å². The second-order valence-corrected chi connectivity index (χ2v) is 15.5. The molecule has 53 heavy (non-hydrogen) atoms. The fraction of sp³-hybridized carbons (Fsp3) is 0.381. The third kappa shape index (κ3) is 9.20. The van der Waals surface area contributed by atoms with Crippen LogP contribution in [0.5, 0.6) is 0 Å². The number of hydrogen-bond acceptors (Lipinski definition) is 6.